The van der Waals surface area contributed by atoms with Crippen LogP contribution in [0.4, 0.5) is 11.6 Å². The fraction of sp³-hybridized carbons (Fsp3) is 0.727. The summed E-state index contributed by atoms with van der Waals surface area (Å²) in [4.78, 5) is 25.8. The van der Waals surface area contributed by atoms with Crippen LogP contribution in [0.25, 0.3) is 0 Å². The Balaban J connectivity index is 2.18. The largest absolute Gasteiger partial charge is 0.462 e. The number of hydrogen-bond acceptors (Lipinski definition) is 7. The number of aliphatic hydroxyl groups excluding tert-OH is 1. The van der Waals surface area contributed by atoms with E-state index in [4.69, 9.17) is 0 Å². The van der Waals surface area contributed by atoms with Gasteiger partial charge < -0.3 is 30.2 Å². The first-order chi connectivity index (χ1) is 9.90. The number of imidazole rings is 1. The quantitative estimate of drug-likeness (QED) is 0.597. The molecule has 2 heterocycles. The van der Waals surface area contributed by atoms with Crippen molar-refractivity contribution in [1.82, 2.24) is 14.5 Å². The third-order valence-corrected chi connectivity index (χ3v) is 3.52. The summed E-state index contributed by atoms with van der Waals surface area (Å²) >= 11 is 0. The molecule has 10 nitrogen and oxygen atoms in total. The Kier molecular flexibility index (Phi) is 4.48. The molecule has 1 N–H and O–H groups in total. The number of aromatic nitrogens is 2. The number of nitrogens with zero attached hydrogens (tertiary/aromatic N) is 5. The van der Waals surface area contributed by atoms with Crippen molar-refractivity contribution in [3.8, 4) is 0 Å². The summed E-state index contributed by atoms with van der Waals surface area (Å²) in [5.74, 6) is -1.32. The van der Waals surface area contributed by atoms with Gasteiger partial charge in [0, 0.05) is 18.5 Å². The lowest BCUT2D eigenvalue weighted by atomic mass is 10.3. The molecule has 1 aliphatic heterocycles. The van der Waals surface area contributed by atoms with E-state index >= 15 is 0 Å². The molecule has 0 aliphatic carbocycles. The normalized spacial score (nSPS) is 17.0. The number of nitro groups is 2. The number of aliphatic hydroxyl groups is 1. The van der Waals surface area contributed by atoms with Gasteiger partial charge in [0.05, 0.1) is 0 Å². The summed E-state index contributed by atoms with van der Waals surface area (Å²) in [7, 11) is 0. The highest BCUT2D eigenvalue weighted by Crippen LogP contribution is 2.27. The summed E-state index contributed by atoms with van der Waals surface area (Å²) < 4.78 is 1.10. The van der Waals surface area contributed by atoms with Gasteiger partial charge in [-0.25, -0.2) is 0 Å². The third-order valence-electron chi connectivity index (χ3n) is 3.52. The van der Waals surface area contributed by atoms with Crippen LogP contribution < -0.4 is 0 Å². The minimum Gasteiger partial charge on any atom is -0.388 e. The van der Waals surface area contributed by atoms with Gasteiger partial charge in [-0.05, 0) is 35.8 Å². The lowest BCUT2D eigenvalue weighted by Gasteiger charge is -2.18. The van der Waals surface area contributed by atoms with Crippen LogP contribution in [0.15, 0.2) is 0 Å². The Labute approximate surface area is 120 Å². The molecule has 0 radical (unpaired) electrons. The van der Waals surface area contributed by atoms with Crippen LogP contribution in [0.2, 0.25) is 0 Å². The minimum atomic E-state index is -0.880. The molecule has 0 bridgehead atoms. The first kappa shape index (κ1) is 15.3. The van der Waals surface area contributed by atoms with Gasteiger partial charge in [0.25, 0.3) is 0 Å². The van der Waals surface area contributed by atoms with Gasteiger partial charge in [-0.1, -0.05) is 0 Å². The molecule has 1 unspecified atom stereocenters. The van der Waals surface area contributed by atoms with Crippen molar-refractivity contribution in [2.75, 3.05) is 19.6 Å². The Hall–Kier alpha value is -2.07. The molecule has 21 heavy (non-hydrogen) atoms. The highest BCUT2D eigenvalue weighted by atomic mass is 16.6. The predicted molar refractivity (Wildman–Crippen MR) is 72.0 cm³/mol. The molecule has 0 aromatic carbocycles. The topological polar surface area (TPSA) is 128 Å². The Morgan fingerprint density at radius 3 is 2.38 bits per heavy atom. The van der Waals surface area contributed by atoms with Gasteiger partial charge in [0.1, 0.15) is 12.6 Å². The van der Waals surface area contributed by atoms with Crippen molar-refractivity contribution in [2.24, 2.45) is 0 Å². The van der Waals surface area contributed by atoms with Crippen molar-refractivity contribution < 1.29 is 15.0 Å². The van der Waals surface area contributed by atoms with Gasteiger partial charge in [0.2, 0.25) is 0 Å². The van der Waals surface area contributed by atoms with Crippen LogP contribution in [0.5, 0.6) is 0 Å². The predicted octanol–water partition coefficient (Wildman–Crippen LogP) is 0.465. The molecule has 1 fully saturated rings. The van der Waals surface area contributed by atoms with Crippen molar-refractivity contribution in [1.29, 1.82) is 0 Å². The highest BCUT2D eigenvalue weighted by molar-refractivity contribution is 5.42. The summed E-state index contributed by atoms with van der Waals surface area (Å²) in [6.07, 6.45) is 1.31. The second kappa shape index (κ2) is 6.14. The van der Waals surface area contributed by atoms with Crippen molar-refractivity contribution >= 4 is 11.6 Å². The molecule has 1 aromatic heterocycles. The number of likely N-dealkylation sites (tertiary alicyclic amines) is 1. The van der Waals surface area contributed by atoms with E-state index in [0.29, 0.717) is 6.54 Å². The zero-order chi connectivity index (χ0) is 15.6. The van der Waals surface area contributed by atoms with E-state index in [1.807, 2.05) is 0 Å². The van der Waals surface area contributed by atoms with Gasteiger partial charge in [0.15, 0.2) is 0 Å². The number of rotatable bonds is 6. The highest BCUT2D eigenvalue weighted by Gasteiger charge is 2.36. The molecule has 10 heteroatoms. The van der Waals surface area contributed by atoms with E-state index in [2.05, 4.69) is 9.88 Å². The first-order valence-corrected chi connectivity index (χ1v) is 6.66. The van der Waals surface area contributed by atoms with E-state index in [-0.39, 0.29) is 12.4 Å². The molecule has 1 aliphatic rings. The summed E-state index contributed by atoms with van der Waals surface area (Å²) in [5, 5.41) is 31.9. The summed E-state index contributed by atoms with van der Waals surface area (Å²) in [6, 6.07) is 0. The van der Waals surface area contributed by atoms with Gasteiger partial charge in [-0.2, -0.15) is 4.57 Å². The molecular formula is C11H17N5O5. The standard InChI is InChI=1S/C11H17N5O5/c1-8-12-10(15(18)19)11(16(20)21)14(8)7-9(17)6-13-4-2-3-5-13/h9,17H,2-7H2,1H3. The Bertz CT molecular complexity index is 551. The SMILES string of the molecule is Cc1nc([N+](=O)[O-])c([N+](=O)[O-])n1CC(O)CN1CCCC1. The molecule has 0 saturated carbocycles. The Morgan fingerprint density at radius 2 is 1.86 bits per heavy atom. The van der Waals surface area contributed by atoms with Crippen LogP contribution >= 0.6 is 0 Å². The van der Waals surface area contributed by atoms with Crippen molar-refractivity contribution in [2.45, 2.75) is 32.4 Å². The molecular weight excluding hydrogens is 282 g/mol. The van der Waals surface area contributed by atoms with E-state index in [0.717, 1.165) is 30.5 Å². The third kappa shape index (κ3) is 3.34. The molecule has 2 rings (SSSR count). The summed E-state index contributed by atoms with van der Waals surface area (Å²) in [6.45, 7) is 3.54. The molecule has 0 spiro atoms. The van der Waals surface area contributed by atoms with E-state index in [9.17, 15) is 25.3 Å². The van der Waals surface area contributed by atoms with Crippen LogP contribution in [-0.4, -0.2) is 55.1 Å². The lowest BCUT2D eigenvalue weighted by molar-refractivity contribution is -0.428. The minimum absolute atomic E-state index is 0.0838. The van der Waals surface area contributed by atoms with Crippen LogP contribution in [-0.2, 0) is 6.54 Å². The monoisotopic (exact) mass is 299 g/mol. The number of hydrogen-bond donors (Lipinski definition) is 1. The Morgan fingerprint density at radius 1 is 1.24 bits per heavy atom. The molecule has 1 saturated heterocycles. The fourth-order valence-corrected chi connectivity index (χ4v) is 2.59. The lowest BCUT2D eigenvalue weighted by Crippen LogP contribution is -2.33. The van der Waals surface area contributed by atoms with Crippen molar-refractivity contribution in [3.63, 3.8) is 0 Å². The van der Waals surface area contributed by atoms with Gasteiger partial charge in [-0.3, -0.25) is 0 Å². The fourth-order valence-electron chi connectivity index (χ4n) is 2.59. The maximum Gasteiger partial charge on any atom is 0.462 e. The van der Waals surface area contributed by atoms with Crippen LogP contribution in [0.1, 0.15) is 18.7 Å². The second-order valence-electron chi connectivity index (χ2n) is 5.09. The molecule has 1 atom stereocenters. The van der Waals surface area contributed by atoms with E-state index < -0.39 is 27.6 Å². The van der Waals surface area contributed by atoms with Gasteiger partial charge >= 0.3 is 17.5 Å². The molecule has 0 amide bonds. The average Bonchev–Trinajstić information content (AvgIpc) is 2.98. The van der Waals surface area contributed by atoms with Crippen LogP contribution in [0.3, 0.4) is 0 Å². The zero-order valence-electron chi connectivity index (χ0n) is 11.6. The smallest absolute Gasteiger partial charge is 0.388 e. The molecule has 116 valence electrons. The van der Waals surface area contributed by atoms with E-state index in [1.54, 1.807) is 0 Å². The van der Waals surface area contributed by atoms with Crippen molar-refractivity contribution in [3.05, 3.63) is 26.1 Å². The number of β-amino-alcohol motifs (C(OH)–C–C–N with tert-alkyl or cyclic N) is 1. The zero-order valence-corrected chi connectivity index (χ0v) is 11.6. The van der Waals surface area contributed by atoms with Crippen LogP contribution in [0, 0.1) is 27.2 Å². The average molecular weight is 299 g/mol. The summed E-state index contributed by atoms with van der Waals surface area (Å²) in [5.41, 5.74) is 0. The maximum atomic E-state index is 11.0. The maximum absolute atomic E-state index is 11.0. The van der Waals surface area contributed by atoms with E-state index in [1.165, 1.54) is 6.92 Å². The number of aryl methyl sites for hydroxylation is 1. The second-order valence-corrected chi connectivity index (χ2v) is 5.09. The first-order valence-electron chi connectivity index (χ1n) is 6.66. The molecule has 1 aromatic rings. The van der Waals surface area contributed by atoms with Gasteiger partial charge in [-0.15, -0.1) is 0 Å².